The number of nitrogens with two attached hydrogens (primary N) is 1. The molecule has 1 aromatic carbocycles. The molecule has 0 amide bonds. The van der Waals surface area contributed by atoms with E-state index in [1.165, 1.54) is 23.9 Å². The topological polar surface area (TPSA) is 42.1 Å². The van der Waals surface area contributed by atoms with Gasteiger partial charge in [0, 0.05) is 47.1 Å². The SMILES string of the molecule is CC1CCC(C)N(c2ccc(N)c3cnccc23)C1. The molecule has 0 aliphatic carbocycles. The summed E-state index contributed by atoms with van der Waals surface area (Å²) in [6.45, 7) is 5.78. The first-order chi connectivity index (χ1) is 9.16. The maximum absolute atomic E-state index is 6.06. The molecule has 2 heterocycles. The standard InChI is InChI=1S/C16H21N3/c1-11-3-4-12(2)19(10-11)16-6-5-15(17)14-9-18-8-7-13(14)16/h5-9,11-12H,3-4,10,17H2,1-2H3. The molecule has 2 unspecified atom stereocenters. The molecule has 19 heavy (non-hydrogen) atoms. The normalized spacial score (nSPS) is 23.8. The van der Waals surface area contributed by atoms with Crippen LogP contribution in [0.15, 0.2) is 30.6 Å². The van der Waals surface area contributed by atoms with Gasteiger partial charge >= 0.3 is 0 Å². The first kappa shape index (κ1) is 12.3. The molecule has 100 valence electrons. The summed E-state index contributed by atoms with van der Waals surface area (Å²) in [4.78, 5) is 6.72. The zero-order chi connectivity index (χ0) is 13.4. The number of piperidine rings is 1. The smallest absolute Gasteiger partial charge is 0.0451 e. The van der Waals surface area contributed by atoms with Gasteiger partial charge in [-0.15, -0.1) is 0 Å². The maximum Gasteiger partial charge on any atom is 0.0451 e. The van der Waals surface area contributed by atoms with Crippen LogP contribution in [0, 0.1) is 5.92 Å². The number of benzene rings is 1. The highest BCUT2D eigenvalue weighted by Crippen LogP contribution is 2.34. The van der Waals surface area contributed by atoms with E-state index in [-0.39, 0.29) is 0 Å². The number of pyridine rings is 1. The number of aromatic nitrogens is 1. The fraction of sp³-hybridized carbons (Fsp3) is 0.438. The van der Waals surface area contributed by atoms with E-state index in [1.54, 1.807) is 0 Å². The van der Waals surface area contributed by atoms with Gasteiger partial charge in [-0.25, -0.2) is 0 Å². The number of anilines is 2. The third kappa shape index (κ3) is 2.14. The van der Waals surface area contributed by atoms with Crippen molar-refractivity contribution < 1.29 is 0 Å². The van der Waals surface area contributed by atoms with Crippen LogP contribution in [-0.4, -0.2) is 17.6 Å². The van der Waals surface area contributed by atoms with Crippen LogP contribution in [0.3, 0.4) is 0 Å². The van der Waals surface area contributed by atoms with E-state index < -0.39 is 0 Å². The Kier molecular flexibility index (Phi) is 3.05. The molecule has 2 aromatic rings. The number of nitrogen functional groups attached to an aromatic ring is 1. The summed E-state index contributed by atoms with van der Waals surface area (Å²) in [5, 5.41) is 2.28. The fourth-order valence-electron chi connectivity index (χ4n) is 3.07. The van der Waals surface area contributed by atoms with Gasteiger partial charge in [-0.2, -0.15) is 0 Å². The highest BCUT2D eigenvalue weighted by molar-refractivity contribution is 6.00. The lowest BCUT2D eigenvalue weighted by atomic mass is 9.93. The average molecular weight is 255 g/mol. The highest BCUT2D eigenvalue weighted by Gasteiger charge is 2.24. The summed E-state index contributed by atoms with van der Waals surface area (Å²) in [6, 6.07) is 6.83. The quantitative estimate of drug-likeness (QED) is 0.794. The van der Waals surface area contributed by atoms with Crippen molar-refractivity contribution in [3.05, 3.63) is 30.6 Å². The van der Waals surface area contributed by atoms with Gasteiger partial charge in [0.05, 0.1) is 0 Å². The molecule has 3 heteroatoms. The molecule has 0 saturated carbocycles. The van der Waals surface area contributed by atoms with Crippen LogP contribution >= 0.6 is 0 Å². The molecule has 0 radical (unpaired) electrons. The van der Waals surface area contributed by atoms with E-state index in [0.29, 0.717) is 6.04 Å². The summed E-state index contributed by atoms with van der Waals surface area (Å²) < 4.78 is 0. The summed E-state index contributed by atoms with van der Waals surface area (Å²) in [5.41, 5.74) is 8.16. The van der Waals surface area contributed by atoms with Gasteiger partial charge in [0.1, 0.15) is 0 Å². The Morgan fingerprint density at radius 3 is 2.84 bits per heavy atom. The summed E-state index contributed by atoms with van der Waals surface area (Å²) in [6.07, 6.45) is 6.31. The molecule has 3 nitrogen and oxygen atoms in total. The Morgan fingerprint density at radius 2 is 2.00 bits per heavy atom. The summed E-state index contributed by atoms with van der Waals surface area (Å²) in [5.74, 6) is 0.755. The third-order valence-corrected chi connectivity index (χ3v) is 4.26. The predicted molar refractivity (Wildman–Crippen MR) is 81.4 cm³/mol. The molecule has 2 atom stereocenters. The Hall–Kier alpha value is -1.77. The second kappa shape index (κ2) is 4.72. The molecule has 3 rings (SSSR count). The van der Waals surface area contributed by atoms with E-state index in [2.05, 4.69) is 35.9 Å². The monoisotopic (exact) mass is 255 g/mol. The molecule has 1 aliphatic heterocycles. The molecule has 1 fully saturated rings. The van der Waals surface area contributed by atoms with Crippen LogP contribution in [0.4, 0.5) is 11.4 Å². The van der Waals surface area contributed by atoms with E-state index >= 15 is 0 Å². The Labute approximate surface area is 114 Å². The van der Waals surface area contributed by atoms with Crippen LogP contribution in [-0.2, 0) is 0 Å². The van der Waals surface area contributed by atoms with E-state index in [0.717, 1.165) is 23.5 Å². The minimum atomic E-state index is 0.594. The highest BCUT2D eigenvalue weighted by atomic mass is 15.2. The average Bonchev–Trinajstić information content (AvgIpc) is 2.43. The molecule has 1 saturated heterocycles. The Morgan fingerprint density at radius 1 is 1.16 bits per heavy atom. The Bertz CT molecular complexity index is 594. The van der Waals surface area contributed by atoms with Gasteiger partial charge in [-0.1, -0.05) is 6.92 Å². The van der Waals surface area contributed by atoms with E-state index in [4.69, 9.17) is 5.73 Å². The fourth-order valence-corrected chi connectivity index (χ4v) is 3.07. The molecular weight excluding hydrogens is 234 g/mol. The van der Waals surface area contributed by atoms with Crippen molar-refractivity contribution in [3.8, 4) is 0 Å². The van der Waals surface area contributed by atoms with Crippen molar-refractivity contribution in [2.24, 2.45) is 5.92 Å². The lowest BCUT2D eigenvalue weighted by molar-refractivity contribution is 0.391. The summed E-state index contributed by atoms with van der Waals surface area (Å²) in [7, 11) is 0. The van der Waals surface area contributed by atoms with E-state index in [1.807, 2.05) is 18.5 Å². The largest absolute Gasteiger partial charge is 0.398 e. The zero-order valence-corrected chi connectivity index (χ0v) is 11.6. The van der Waals surface area contributed by atoms with Crippen molar-refractivity contribution in [2.45, 2.75) is 32.7 Å². The van der Waals surface area contributed by atoms with Gasteiger partial charge in [-0.05, 0) is 43.9 Å². The van der Waals surface area contributed by atoms with Gasteiger partial charge in [-0.3, -0.25) is 4.98 Å². The van der Waals surface area contributed by atoms with Gasteiger partial charge < -0.3 is 10.6 Å². The van der Waals surface area contributed by atoms with Crippen LogP contribution in [0.2, 0.25) is 0 Å². The maximum atomic E-state index is 6.06. The van der Waals surface area contributed by atoms with Crippen molar-refractivity contribution in [1.29, 1.82) is 0 Å². The van der Waals surface area contributed by atoms with Gasteiger partial charge in [0.25, 0.3) is 0 Å². The molecule has 1 aliphatic rings. The second-order valence-corrected chi connectivity index (χ2v) is 5.78. The number of rotatable bonds is 1. The van der Waals surface area contributed by atoms with Crippen molar-refractivity contribution in [1.82, 2.24) is 4.98 Å². The van der Waals surface area contributed by atoms with Crippen LogP contribution in [0.5, 0.6) is 0 Å². The minimum Gasteiger partial charge on any atom is -0.398 e. The minimum absolute atomic E-state index is 0.594. The van der Waals surface area contributed by atoms with Crippen molar-refractivity contribution in [2.75, 3.05) is 17.2 Å². The Balaban J connectivity index is 2.12. The lowest BCUT2D eigenvalue weighted by Gasteiger charge is -2.39. The number of fused-ring (bicyclic) bond motifs is 1. The molecule has 0 spiro atoms. The first-order valence-electron chi connectivity index (χ1n) is 7.05. The van der Waals surface area contributed by atoms with Crippen LogP contribution in [0.25, 0.3) is 10.8 Å². The van der Waals surface area contributed by atoms with Gasteiger partial charge in [0.15, 0.2) is 0 Å². The van der Waals surface area contributed by atoms with Gasteiger partial charge in [0.2, 0.25) is 0 Å². The molecular formula is C16H21N3. The summed E-state index contributed by atoms with van der Waals surface area (Å²) >= 11 is 0. The lowest BCUT2D eigenvalue weighted by Crippen LogP contribution is -2.41. The van der Waals surface area contributed by atoms with Crippen molar-refractivity contribution >= 4 is 22.1 Å². The molecule has 0 bridgehead atoms. The van der Waals surface area contributed by atoms with E-state index in [9.17, 15) is 0 Å². The molecule has 1 aromatic heterocycles. The second-order valence-electron chi connectivity index (χ2n) is 5.78. The zero-order valence-electron chi connectivity index (χ0n) is 11.6. The molecule has 2 N–H and O–H groups in total. The van der Waals surface area contributed by atoms with Crippen molar-refractivity contribution in [3.63, 3.8) is 0 Å². The van der Waals surface area contributed by atoms with Crippen LogP contribution in [0.1, 0.15) is 26.7 Å². The third-order valence-electron chi connectivity index (χ3n) is 4.26. The van der Waals surface area contributed by atoms with Crippen LogP contribution < -0.4 is 10.6 Å². The number of hydrogen-bond donors (Lipinski definition) is 1. The first-order valence-corrected chi connectivity index (χ1v) is 7.05. The number of nitrogens with zero attached hydrogens (tertiary/aromatic N) is 2. The number of hydrogen-bond acceptors (Lipinski definition) is 3. The predicted octanol–water partition coefficient (Wildman–Crippen LogP) is 3.44.